The molecule has 5 aromatic rings. The first-order valence-corrected chi connectivity index (χ1v) is 10.9. The zero-order chi connectivity index (χ0) is 22.8. The van der Waals surface area contributed by atoms with Gasteiger partial charge in [0.25, 0.3) is 5.91 Å². The summed E-state index contributed by atoms with van der Waals surface area (Å²) in [6.07, 6.45) is 1.74. The van der Waals surface area contributed by atoms with Gasteiger partial charge in [-0.3, -0.25) is 9.48 Å². The number of benzene rings is 4. The van der Waals surface area contributed by atoms with Crippen LogP contribution in [0.4, 0.5) is 0 Å². The molecule has 33 heavy (non-hydrogen) atoms. The number of nitrogens with zero attached hydrogens (tertiary/aromatic N) is 3. The first kappa shape index (κ1) is 20.6. The van der Waals surface area contributed by atoms with Crippen molar-refractivity contribution in [3.05, 3.63) is 113 Å². The Morgan fingerprint density at radius 1 is 0.909 bits per heavy atom. The van der Waals surface area contributed by atoms with E-state index in [1.54, 1.807) is 12.3 Å². The van der Waals surface area contributed by atoms with Crippen LogP contribution in [0.5, 0.6) is 0 Å². The van der Waals surface area contributed by atoms with Crippen molar-refractivity contribution in [2.24, 2.45) is 5.10 Å². The fourth-order valence-electron chi connectivity index (χ4n) is 4.23. The minimum absolute atomic E-state index is 0.244. The molecule has 1 N–H and O–H groups in total. The number of carbonyl (C=O) groups excluding carboxylic acids is 1. The second-order valence-electron chi connectivity index (χ2n) is 8.22. The van der Waals surface area contributed by atoms with E-state index in [-0.39, 0.29) is 5.91 Å². The molecule has 0 unspecified atom stereocenters. The normalized spacial score (nSPS) is 11.5. The molecule has 0 saturated carbocycles. The number of fused-ring (bicyclic) bond motifs is 2. The predicted octanol–water partition coefficient (Wildman–Crippen LogP) is 5.62. The minimum Gasteiger partial charge on any atom is -0.267 e. The molecule has 1 heterocycles. The van der Waals surface area contributed by atoms with Crippen LogP contribution < -0.4 is 5.43 Å². The summed E-state index contributed by atoms with van der Waals surface area (Å²) in [7, 11) is 0. The van der Waals surface area contributed by atoms with Gasteiger partial charge >= 0.3 is 0 Å². The lowest BCUT2D eigenvalue weighted by atomic mass is 9.97. The maximum Gasteiger partial charge on any atom is 0.271 e. The van der Waals surface area contributed by atoms with E-state index in [4.69, 9.17) is 0 Å². The average molecular weight is 433 g/mol. The van der Waals surface area contributed by atoms with Gasteiger partial charge in [0, 0.05) is 16.8 Å². The number of amides is 1. The van der Waals surface area contributed by atoms with Gasteiger partial charge in [-0.2, -0.15) is 10.2 Å². The molecule has 5 heteroatoms. The Kier molecular flexibility index (Phi) is 5.45. The van der Waals surface area contributed by atoms with Crippen LogP contribution in [-0.4, -0.2) is 21.9 Å². The Bertz CT molecular complexity index is 1460. The lowest BCUT2D eigenvalue weighted by Crippen LogP contribution is -2.18. The number of aromatic nitrogens is 2. The zero-order valence-electron chi connectivity index (χ0n) is 18.6. The van der Waals surface area contributed by atoms with E-state index in [1.807, 2.05) is 67.1 Å². The molecule has 0 atom stereocenters. The zero-order valence-corrected chi connectivity index (χ0v) is 18.6. The molecular weight excluding hydrogens is 408 g/mol. The molecule has 0 radical (unpaired) electrons. The monoisotopic (exact) mass is 432 g/mol. The molecule has 0 aliphatic heterocycles. The third kappa shape index (κ3) is 4.26. The van der Waals surface area contributed by atoms with Gasteiger partial charge in [0.05, 0.1) is 18.5 Å². The molecule has 0 saturated heterocycles. The average Bonchev–Trinajstić information content (AvgIpc) is 3.14. The SMILES string of the molecule is Cc1cc(C)n(Cc2cccc(C(=O)N/N=C/c3c4ccccc4cc4ccccc34)c2)n1. The summed E-state index contributed by atoms with van der Waals surface area (Å²) in [5.41, 5.74) is 7.33. The molecule has 1 aromatic heterocycles. The summed E-state index contributed by atoms with van der Waals surface area (Å²) >= 11 is 0. The largest absolute Gasteiger partial charge is 0.271 e. The molecule has 1 amide bonds. The lowest BCUT2D eigenvalue weighted by molar-refractivity contribution is 0.0955. The Balaban J connectivity index is 1.39. The summed E-state index contributed by atoms with van der Waals surface area (Å²) in [5.74, 6) is -0.244. The minimum atomic E-state index is -0.244. The van der Waals surface area contributed by atoms with Crippen molar-refractivity contribution in [2.75, 3.05) is 0 Å². The van der Waals surface area contributed by atoms with Crippen molar-refractivity contribution in [3.8, 4) is 0 Å². The highest BCUT2D eigenvalue weighted by atomic mass is 16.2. The second kappa shape index (κ2) is 8.71. The summed E-state index contributed by atoms with van der Waals surface area (Å²) in [6, 6.07) is 28.2. The van der Waals surface area contributed by atoms with E-state index >= 15 is 0 Å². The maximum absolute atomic E-state index is 12.8. The number of hydrazone groups is 1. The van der Waals surface area contributed by atoms with Crippen LogP contribution >= 0.6 is 0 Å². The molecule has 0 aliphatic rings. The predicted molar refractivity (Wildman–Crippen MR) is 134 cm³/mol. The molecule has 0 spiro atoms. The van der Waals surface area contributed by atoms with Crippen LogP contribution in [0.15, 0.2) is 90.0 Å². The van der Waals surface area contributed by atoms with E-state index in [9.17, 15) is 4.79 Å². The van der Waals surface area contributed by atoms with Gasteiger partial charge in [-0.25, -0.2) is 5.43 Å². The van der Waals surface area contributed by atoms with E-state index in [0.717, 1.165) is 44.1 Å². The van der Waals surface area contributed by atoms with Gasteiger partial charge < -0.3 is 0 Å². The van der Waals surface area contributed by atoms with Gasteiger partial charge in [0.1, 0.15) is 0 Å². The van der Waals surface area contributed by atoms with Crippen molar-refractivity contribution < 1.29 is 4.79 Å². The smallest absolute Gasteiger partial charge is 0.267 e. The van der Waals surface area contributed by atoms with Crippen molar-refractivity contribution in [1.82, 2.24) is 15.2 Å². The standard InChI is InChI=1S/C28H24N4O/c1-19-14-20(2)32(31-19)18-21-8-7-11-24(15-21)28(33)30-29-17-27-25-12-5-3-9-22(25)16-23-10-4-6-13-26(23)27/h3-17H,18H2,1-2H3,(H,30,33)/b29-17+. The molecular formula is C28H24N4O. The number of hydrogen-bond donors (Lipinski definition) is 1. The van der Waals surface area contributed by atoms with Crippen LogP contribution in [0.2, 0.25) is 0 Å². The van der Waals surface area contributed by atoms with Crippen LogP contribution in [0.25, 0.3) is 21.5 Å². The Morgan fingerprint density at radius 3 is 2.27 bits per heavy atom. The topological polar surface area (TPSA) is 59.3 Å². The second-order valence-corrected chi connectivity index (χ2v) is 8.22. The fourth-order valence-corrected chi connectivity index (χ4v) is 4.23. The Morgan fingerprint density at radius 2 is 1.61 bits per heavy atom. The lowest BCUT2D eigenvalue weighted by Gasteiger charge is -2.08. The number of carbonyl (C=O) groups is 1. The quantitative estimate of drug-likeness (QED) is 0.223. The third-order valence-corrected chi connectivity index (χ3v) is 5.80. The Labute approximate surface area is 192 Å². The van der Waals surface area contributed by atoms with Crippen molar-refractivity contribution in [1.29, 1.82) is 0 Å². The summed E-state index contributed by atoms with van der Waals surface area (Å²) < 4.78 is 1.94. The number of rotatable bonds is 5. The van der Waals surface area contributed by atoms with E-state index in [2.05, 4.69) is 46.0 Å². The van der Waals surface area contributed by atoms with Gasteiger partial charge in [0.2, 0.25) is 0 Å². The van der Waals surface area contributed by atoms with Crippen LogP contribution in [0, 0.1) is 13.8 Å². The van der Waals surface area contributed by atoms with E-state index in [1.165, 1.54) is 0 Å². The highest BCUT2D eigenvalue weighted by Gasteiger charge is 2.09. The van der Waals surface area contributed by atoms with Crippen LogP contribution in [-0.2, 0) is 6.54 Å². The van der Waals surface area contributed by atoms with Crippen molar-refractivity contribution in [2.45, 2.75) is 20.4 Å². The highest BCUT2D eigenvalue weighted by molar-refractivity contribution is 6.13. The number of aryl methyl sites for hydroxylation is 2. The van der Waals surface area contributed by atoms with E-state index < -0.39 is 0 Å². The van der Waals surface area contributed by atoms with Gasteiger partial charge in [0.15, 0.2) is 0 Å². The van der Waals surface area contributed by atoms with Crippen molar-refractivity contribution in [3.63, 3.8) is 0 Å². The summed E-state index contributed by atoms with van der Waals surface area (Å²) in [5, 5.41) is 13.3. The summed E-state index contributed by atoms with van der Waals surface area (Å²) in [4.78, 5) is 12.8. The molecule has 4 aromatic carbocycles. The maximum atomic E-state index is 12.8. The van der Waals surface area contributed by atoms with E-state index in [0.29, 0.717) is 12.1 Å². The molecule has 0 fully saturated rings. The molecule has 0 bridgehead atoms. The Hall–Kier alpha value is -4.25. The van der Waals surface area contributed by atoms with Crippen molar-refractivity contribution >= 4 is 33.7 Å². The van der Waals surface area contributed by atoms with Gasteiger partial charge in [-0.05, 0) is 65.2 Å². The van der Waals surface area contributed by atoms with Gasteiger partial charge in [-0.1, -0.05) is 60.7 Å². The molecule has 5 rings (SSSR count). The van der Waals surface area contributed by atoms with Crippen LogP contribution in [0.3, 0.4) is 0 Å². The number of nitrogens with one attached hydrogen (secondary N) is 1. The van der Waals surface area contributed by atoms with Gasteiger partial charge in [-0.15, -0.1) is 0 Å². The number of hydrogen-bond acceptors (Lipinski definition) is 3. The molecule has 0 aliphatic carbocycles. The molecule has 162 valence electrons. The highest BCUT2D eigenvalue weighted by Crippen LogP contribution is 2.27. The van der Waals surface area contributed by atoms with Crippen LogP contribution in [0.1, 0.15) is 32.9 Å². The molecule has 5 nitrogen and oxygen atoms in total. The third-order valence-electron chi connectivity index (χ3n) is 5.80. The fraction of sp³-hybridized carbons (Fsp3) is 0.107. The summed E-state index contributed by atoms with van der Waals surface area (Å²) in [6.45, 7) is 4.62. The first-order chi connectivity index (χ1) is 16.1. The first-order valence-electron chi connectivity index (χ1n) is 10.9.